The molecule has 1 aromatic rings. The summed E-state index contributed by atoms with van der Waals surface area (Å²) < 4.78 is 0. The van der Waals surface area contributed by atoms with Crippen LogP contribution < -0.4 is 5.32 Å². The van der Waals surface area contributed by atoms with E-state index in [1.807, 2.05) is 6.07 Å². The average molecular weight is 245 g/mol. The zero-order valence-electron chi connectivity index (χ0n) is 10.2. The molecule has 2 amide bonds. The minimum Gasteiger partial charge on any atom is -0.353 e. The van der Waals surface area contributed by atoms with E-state index in [1.165, 1.54) is 6.08 Å². The van der Waals surface area contributed by atoms with Crippen LogP contribution >= 0.6 is 0 Å². The van der Waals surface area contributed by atoms with Crippen molar-refractivity contribution in [2.45, 2.75) is 13.0 Å². The number of carbonyl (C=O) groups excluding carboxylic acids is 2. The third-order valence-corrected chi connectivity index (χ3v) is 2.88. The molecule has 1 fully saturated rings. The molecule has 2 rings (SSSR count). The summed E-state index contributed by atoms with van der Waals surface area (Å²) >= 11 is 0. The van der Waals surface area contributed by atoms with Gasteiger partial charge >= 0.3 is 0 Å². The molecule has 0 bridgehead atoms. The van der Waals surface area contributed by atoms with Crippen LogP contribution in [0.5, 0.6) is 0 Å². The van der Waals surface area contributed by atoms with Crippen LogP contribution in [0.25, 0.3) is 6.08 Å². The molecule has 1 aliphatic heterocycles. The van der Waals surface area contributed by atoms with E-state index in [0.29, 0.717) is 13.1 Å². The normalized spacial score (nSPS) is 19.9. The van der Waals surface area contributed by atoms with Crippen LogP contribution in [0.1, 0.15) is 12.5 Å². The van der Waals surface area contributed by atoms with Crippen LogP contribution in [0, 0.1) is 0 Å². The van der Waals surface area contributed by atoms with Crippen molar-refractivity contribution in [1.82, 2.24) is 15.2 Å². The molecule has 1 atom stereocenters. The first-order valence-corrected chi connectivity index (χ1v) is 5.85. The van der Waals surface area contributed by atoms with Gasteiger partial charge in [0.05, 0.1) is 0 Å². The van der Waals surface area contributed by atoms with Crippen molar-refractivity contribution in [3.8, 4) is 0 Å². The fourth-order valence-corrected chi connectivity index (χ4v) is 1.82. The third kappa shape index (κ3) is 2.74. The maximum Gasteiger partial charge on any atom is 0.247 e. The molecule has 1 N–H and O–H groups in total. The molecule has 1 saturated heterocycles. The van der Waals surface area contributed by atoms with Crippen molar-refractivity contribution >= 4 is 17.9 Å². The zero-order valence-corrected chi connectivity index (χ0v) is 10.2. The summed E-state index contributed by atoms with van der Waals surface area (Å²) in [5.41, 5.74) is 0.861. The van der Waals surface area contributed by atoms with E-state index in [1.54, 1.807) is 36.4 Å². The number of aromatic nitrogens is 1. The van der Waals surface area contributed by atoms with Crippen molar-refractivity contribution in [2.24, 2.45) is 0 Å². The van der Waals surface area contributed by atoms with Crippen LogP contribution in [0.2, 0.25) is 0 Å². The van der Waals surface area contributed by atoms with Gasteiger partial charge in [-0.3, -0.25) is 14.6 Å². The quantitative estimate of drug-likeness (QED) is 0.769. The number of piperazine rings is 1. The van der Waals surface area contributed by atoms with Crippen LogP contribution in [-0.4, -0.2) is 40.8 Å². The second-order valence-electron chi connectivity index (χ2n) is 4.12. The molecule has 0 aromatic carbocycles. The van der Waals surface area contributed by atoms with Gasteiger partial charge in [-0.15, -0.1) is 0 Å². The summed E-state index contributed by atoms with van der Waals surface area (Å²) in [5.74, 6) is -0.259. The lowest BCUT2D eigenvalue weighted by atomic mass is 10.2. The molecule has 2 heterocycles. The molecule has 1 aliphatic rings. The smallest absolute Gasteiger partial charge is 0.247 e. The summed E-state index contributed by atoms with van der Waals surface area (Å²) in [6, 6.07) is 3.26. The fraction of sp³-hybridized carbons (Fsp3) is 0.308. The largest absolute Gasteiger partial charge is 0.353 e. The van der Waals surface area contributed by atoms with E-state index in [0.717, 1.165) is 5.56 Å². The van der Waals surface area contributed by atoms with Gasteiger partial charge in [-0.25, -0.2) is 0 Å². The number of hydrogen-bond donors (Lipinski definition) is 1. The van der Waals surface area contributed by atoms with Gasteiger partial charge in [0.2, 0.25) is 11.8 Å². The van der Waals surface area contributed by atoms with E-state index >= 15 is 0 Å². The van der Waals surface area contributed by atoms with E-state index in [2.05, 4.69) is 10.3 Å². The molecule has 5 heteroatoms. The molecule has 0 aliphatic carbocycles. The Bertz CT molecular complexity index is 470. The molecule has 1 aromatic heterocycles. The Morgan fingerprint density at radius 1 is 1.61 bits per heavy atom. The first-order valence-electron chi connectivity index (χ1n) is 5.85. The minimum absolute atomic E-state index is 0.107. The van der Waals surface area contributed by atoms with Crippen molar-refractivity contribution in [2.75, 3.05) is 13.1 Å². The van der Waals surface area contributed by atoms with Gasteiger partial charge in [0.1, 0.15) is 6.04 Å². The van der Waals surface area contributed by atoms with E-state index in [9.17, 15) is 9.59 Å². The number of nitrogens with one attached hydrogen (secondary N) is 1. The van der Waals surface area contributed by atoms with E-state index < -0.39 is 6.04 Å². The maximum absolute atomic E-state index is 12.0. The predicted molar refractivity (Wildman–Crippen MR) is 67.5 cm³/mol. The lowest BCUT2D eigenvalue weighted by Crippen LogP contribution is -2.55. The van der Waals surface area contributed by atoms with E-state index in [-0.39, 0.29) is 11.8 Å². The molecule has 5 nitrogen and oxygen atoms in total. The van der Waals surface area contributed by atoms with Gasteiger partial charge in [0.15, 0.2) is 0 Å². The first kappa shape index (κ1) is 12.3. The van der Waals surface area contributed by atoms with E-state index in [4.69, 9.17) is 0 Å². The second-order valence-corrected chi connectivity index (χ2v) is 4.12. The lowest BCUT2D eigenvalue weighted by molar-refractivity contribution is -0.139. The Morgan fingerprint density at radius 3 is 3.17 bits per heavy atom. The highest BCUT2D eigenvalue weighted by atomic mass is 16.2. The first-order chi connectivity index (χ1) is 8.68. The maximum atomic E-state index is 12.0. The summed E-state index contributed by atoms with van der Waals surface area (Å²) in [5, 5.41) is 2.72. The Kier molecular flexibility index (Phi) is 3.72. The molecule has 0 saturated carbocycles. The van der Waals surface area contributed by atoms with Crippen molar-refractivity contribution in [1.29, 1.82) is 0 Å². The lowest BCUT2D eigenvalue weighted by Gasteiger charge is -2.31. The zero-order chi connectivity index (χ0) is 13.0. The number of rotatable bonds is 2. The van der Waals surface area contributed by atoms with Crippen molar-refractivity contribution in [3.63, 3.8) is 0 Å². The summed E-state index contributed by atoms with van der Waals surface area (Å²) in [6.45, 7) is 2.78. The molecular weight excluding hydrogens is 230 g/mol. The second kappa shape index (κ2) is 5.44. The number of carbonyl (C=O) groups is 2. The number of pyridine rings is 1. The van der Waals surface area contributed by atoms with Gasteiger partial charge in [0.25, 0.3) is 0 Å². The topological polar surface area (TPSA) is 62.3 Å². The summed E-state index contributed by atoms with van der Waals surface area (Å²) in [6.07, 6.45) is 6.53. The van der Waals surface area contributed by atoms with Gasteiger partial charge in [-0.05, 0) is 24.6 Å². The van der Waals surface area contributed by atoms with Gasteiger partial charge in [0, 0.05) is 31.6 Å². The van der Waals surface area contributed by atoms with Crippen LogP contribution in [0.15, 0.2) is 30.6 Å². The number of nitrogens with zero attached hydrogens (tertiary/aromatic N) is 2. The highest BCUT2D eigenvalue weighted by Gasteiger charge is 2.27. The Balaban J connectivity index is 2.03. The molecule has 0 spiro atoms. The van der Waals surface area contributed by atoms with Crippen LogP contribution in [0.4, 0.5) is 0 Å². The van der Waals surface area contributed by atoms with Gasteiger partial charge < -0.3 is 10.2 Å². The van der Waals surface area contributed by atoms with Crippen molar-refractivity contribution < 1.29 is 9.59 Å². The standard InChI is InChI=1S/C13H15N3O2/c1-10-13(18)15-7-8-16(10)12(17)5-4-11-3-2-6-14-9-11/h2-6,9-10H,7-8H2,1H3,(H,15,18)/b5-4+. The third-order valence-electron chi connectivity index (χ3n) is 2.88. The SMILES string of the molecule is CC1C(=O)NCCN1C(=O)/C=C/c1cccnc1. The number of hydrogen-bond acceptors (Lipinski definition) is 3. The highest BCUT2D eigenvalue weighted by Crippen LogP contribution is 2.06. The predicted octanol–water partition coefficient (Wildman–Crippen LogP) is 0.442. The van der Waals surface area contributed by atoms with Gasteiger partial charge in [-0.2, -0.15) is 0 Å². The fourth-order valence-electron chi connectivity index (χ4n) is 1.82. The molecule has 0 radical (unpaired) electrons. The highest BCUT2D eigenvalue weighted by molar-refractivity contribution is 5.96. The summed E-state index contributed by atoms with van der Waals surface area (Å²) in [4.78, 5) is 28.9. The molecule has 18 heavy (non-hydrogen) atoms. The Hall–Kier alpha value is -2.17. The van der Waals surface area contributed by atoms with Crippen LogP contribution in [0.3, 0.4) is 0 Å². The van der Waals surface area contributed by atoms with Crippen molar-refractivity contribution in [3.05, 3.63) is 36.2 Å². The van der Waals surface area contributed by atoms with Crippen LogP contribution in [-0.2, 0) is 9.59 Å². The molecule has 94 valence electrons. The Labute approximate surface area is 106 Å². The average Bonchev–Trinajstić information content (AvgIpc) is 2.40. The number of amides is 2. The Morgan fingerprint density at radius 2 is 2.44 bits per heavy atom. The molecule has 1 unspecified atom stereocenters. The summed E-state index contributed by atoms with van der Waals surface area (Å²) in [7, 11) is 0. The monoisotopic (exact) mass is 245 g/mol. The minimum atomic E-state index is -0.412. The molecular formula is C13H15N3O2. The van der Waals surface area contributed by atoms with Gasteiger partial charge in [-0.1, -0.05) is 6.07 Å².